The standard InChI is InChI=1S/C46H30N2/c1-2-12-31(13-3-1)32-24-26-33(27-25-32)35-16-10-17-36(28-35)47-43-21-8-6-19-38(43)40-30-46-41(29-45(40)47)39-20-7-9-22-44(39)48(46)42-23-11-15-34-14-4-5-18-37(34)42/h1-30H. The van der Waals surface area contributed by atoms with Gasteiger partial charge in [-0.1, -0.05) is 140 Å². The fourth-order valence-corrected chi connectivity index (χ4v) is 7.68. The van der Waals surface area contributed by atoms with E-state index in [1.807, 2.05) is 0 Å². The Hall–Kier alpha value is -6.38. The molecule has 0 bridgehead atoms. The topological polar surface area (TPSA) is 9.86 Å². The summed E-state index contributed by atoms with van der Waals surface area (Å²) >= 11 is 0. The predicted molar refractivity (Wildman–Crippen MR) is 203 cm³/mol. The Balaban J connectivity index is 1.21. The number of nitrogens with zero attached hydrogens (tertiary/aromatic N) is 2. The van der Waals surface area contributed by atoms with Crippen molar-refractivity contribution >= 4 is 54.4 Å². The summed E-state index contributed by atoms with van der Waals surface area (Å²) in [4.78, 5) is 0. The third-order valence-electron chi connectivity index (χ3n) is 9.90. The minimum absolute atomic E-state index is 1.16. The second kappa shape index (κ2) is 10.6. The van der Waals surface area contributed by atoms with E-state index in [-0.39, 0.29) is 0 Å². The van der Waals surface area contributed by atoms with Gasteiger partial charge in [-0.3, -0.25) is 0 Å². The minimum Gasteiger partial charge on any atom is -0.309 e. The Morgan fingerprint density at radius 1 is 0.271 bits per heavy atom. The van der Waals surface area contributed by atoms with E-state index in [1.165, 1.54) is 82.3 Å². The van der Waals surface area contributed by atoms with Crippen molar-refractivity contribution in [2.75, 3.05) is 0 Å². The molecule has 10 aromatic rings. The highest BCUT2D eigenvalue weighted by molar-refractivity contribution is 6.19. The summed E-state index contributed by atoms with van der Waals surface area (Å²) in [5.74, 6) is 0. The molecule has 0 radical (unpaired) electrons. The molecule has 2 heteroatoms. The molecule has 224 valence electrons. The molecule has 0 saturated heterocycles. The molecular formula is C46H30N2. The Morgan fingerprint density at radius 2 is 0.771 bits per heavy atom. The highest BCUT2D eigenvalue weighted by Gasteiger charge is 2.19. The van der Waals surface area contributed by atoms with Crippen molar-refractivity contribution in [3.8, 4) is 33.6 Å². The van der Waals surface area contributed by atoms with E-state index < -0.39 is 0 Å². The van der Waals surface area contributed by atoms with Gasteiger partial charge in [-0.25, -0.2) is 0 Å². The molecule has 0 fully saturated rings. The third-order valence-corrected chi connectivity index (χ3v) is 9.90. The number of para-hydroxylation sites is 2. The summed E-state index contributed by atoms with van der Waals surface area (Å²) in [6, 6.07) is 66.2. The van der Waals surface area contributed by atoms with Crippen LogP contribution in [0.3, 0.4) is 0 Å². The molecule has 0 spiro atoms. The van der Waals surface area contributed by atoms with Gasteiger partial charge < -0.3 is 9.13 Å². The van der Waals surface area contributed by atoms with E-state index in [0.717, 1.165) is 5.69 Å². The van der Waals surface area contributed by atoms with Crippen molar-refractivity contribution in [2.45, 2.75) is 0 Å². The molecule has 10 rings (SSSR count). The summed E-state index contributed by atoms with van der Waals surface area (Å²) in [5, 5.41) is 7.50. The van der Waals surface area contributed by atoms with Gasteiger partial charge in [-0.2, -0.15) is 0 Å². The molecule has 48 heavy (non-hydrogen) atoms. The summed E-state index contributed by atoms with van der Waals surface area (Å²) in [6.45, 7) is 0. The first-order valence-electron chi connectivity index (χ1n) is 16.5. The average molecular weight is 611 g/mol. The monoisotopic (exact) mass is 610 g/mol. The molecule has 2 nitrogen and oxygen atoms in total. The normalized spacial score (nSPS) is 11.8. The zero-order valence-electron chi connectivity index (χ0n) is 26.2. The van der Waals surface area contributed by atoms with Gasteiger partial charge >= 0.3 is 0 Å². The predicted octanol–water partition coefficient (Wildman–Crippen LogP) is 12.4. The van der Waals surface area contributed by atoms with Crippen LogP contribution in [0.5, 0.6) is 0 Å². The van der Waals surface area contributed by atoms with Gasteiger partial charge in [-0.05, 0) is 70.1 Å². The second-order valence-electron chi connectivity index (χ2n) is 12.6. The van der Waals surface area contributed by atoms with Crippen LogP contribution in [0.1, 0.15) is 0 Å². The van der Waals surface area contributed by atoms with E-state index in [4.69, 9.17) is 0 Å². The quantitative estimate of drug-likeness (QED) is 0.188. The lowest BCUT2D eigenvalue weighted by molar-refractivity contribution is 1.18. The summed E-state index contributed by atoms with van der Waals surface area (Å²) in [7, 11) is 0. The molecule has 0 N–H and O–H groups in total. The van der Waals surface area contributed by atoms with Crippen LogP contribution < -0.4 is 0 Å². The van der Waals surface area contributed by atoms with Gasteiger partial charge in [0.1, 0.15) is 0 Å². The summed E-state index contributed by atoms with van der Waals surface area (Å²) < 4.78 is 4.90. The van der Waals surface area contributed by atoms with Gasteiger partial charge in [0, 0.05) is 32.6 Å². The lowest BCUT2D eigenvalue weighted by Gasteiger charge is -2.12. The van der Waals surface area contributed by atoms with Crippen LogP contribution in [0.15, 0.2) is 182 Å². The van der Waals surface area contributed by atoms with Gasteiger partial charge in [0.15, 0.2) is 0 Å². The number of aromatic nitrogens is 2. The van der Waals surface area contributed by atoms with E-state index in [0.29, 0.717) is 0 Å². The average Bonchev–Trinajstić information content (AvgIpc) is 3.66. The molecule has 0 aliphatic carbocycles. The third kappa shape index (κ3) is 4.06. The van der Waals surface area contributed by atoms with E-state index in [9.17, 15) is 0 Å². The maximum absolute atomic E-state index is 2.46. The van der Waals surface area contributed by atoms with E-state index in [1.54, 1.807) is 0 Å². The maximum atomic E-state index is 2.46. The minimum atomic E-state index is 1.16. The molecule has 2 heterocycles. The number of rotatable bonds is 4. The zero-order valence-corrected chi connectivity index (χ0v) is 26.2. The van der Waals surface area contributed by atoms with E-state index >= 15 is 0 Å². The lowest BCUT2D eigenvalue weighted by Crippen LogP contribution is -1.96. The number of hydrogen-bond donors (Lipinski definition) is 0. The van der Waals surface area contributed by atoms with Gasteiger partial charge in [0.05, 0.1) is 27.8 Å². The van der Waals surface area contributed by atoms with Gasteiger partial charge in [0.25, 0.3) is 0 Å². The van der Waals surface area contributed by atoms with Crippen LogP contribution >= 0.6 is 0 Å². The Kier molecular flexibility index (Phi) is 5.91. The van der Waals surface area contributed by atoms with Crippen LogP contribution in [0.2, 0.25) is 0 Å². The van der Waals surface area contributed by atoms with Crippen molar-refractivity contribution in [1.29, 1.82) is 0 Å². The lowest BCUT2D eigenvalue weighted by atomic mass is 10.00. The molecule has 8 aromatic carbocycles. The van der Waals surface area contributed by atoms with Crippen molar-refractivity contribution in [3.63, 3.8) is 0 Å². The highest BCUT2D eigenvalue weighted by atomic mass is 15.0. The first-order valence-corrected chi connectivity index (χ1v) is 16.5. The largest absolute Gasteiger partial charge is 0.309 e. The first kappa shape index (κ1) is 26.8. The maximum Gasteiger partial charge on any atom is 0.0549 e. The summed E-state index contributed by atoms with van der Waals surface area (Å²) in [5.41, 5.74) is 12.1. The Labute approximate surface area is 278 Å². The number of benzene rings is 8. The molecule has 0 unspecified atom stereocenters. The van der Waals surface area contributed by atoms with Crippen molar-refractivity contribution < 1.29 is 0 Å². The van der Waals surface area contributed by atoms with Crippen molar-refractivity contribution in [2.24, 2.45) is 0 Å². The molecule has 0 atom stereocenters. The molecule has 2 aromatic heterocycles. The van der Waals surface area contributed by atoms with Crippen molar-refractivity contribution in [3.05, 3.63) is 182 Å². The molecule has 0 aliphatic rings. The molecule has 0 aliphatic heterocycles. The fraction of sp³-hybridized carbons (Fsp3) is 0. The zero-order chi connectivity index (χ0) is 31.6. The Morgan fingerprint density at radius 3 is 1.50 bits per heavy atom. The van der Waals surface area contributed by atoms with Gasteiger partial charge in [-0.15, -0.1) is 0 Å². The van der Waals surface area contributed by atoms with Crippen LogP contribution in [0.25, 0.3) is 88.0 Å². The smallest absolute Gasteiger partial charge is 0.0549 e. The van der Waals surface area contributed by atoms with E-state index in [2.05, 4.69) is 191 Å². The first-order chi connectivity index (χ1) is 23.8. The number of fused-ring (bicyclic) bond motifs is 7. The van der Waals surface area contributed by atoms with Gasteiger partial charge in [0.2, 0.25) is 0 Å². The SMILES string of the molecule is c1ccc(-c2ccc(-c3cccc(-n4c5ccccc5c5cc6c(cc54)c4ccccc4n6-c4cccc5ccccc45)c3)cc2)cc1. The molecule has 0 saturated carbocycles. The fourth-order valence-electron chi connectivity index (χ4n) is 7.68. The molecule has 0 amide bonds. The van der Waals surface area contributed by atoms with Crippen LogP contribution in [-0.4, -0.2) is 9.13 Å². The van der Waals surface area contributed by atoms with Crippen LogP contribution in [0, 0.1) is 0 Å². The molecular weight excluding hydrogens is 581 g/mol. The number of hydrogen-bond acceptors (Lipinski definition) is 0. The van der Waals surface area contributed by atoms with Crippen molar-refractivity contribution in [1.82, 2.24) is 9.13 Å². The Bertz CT molecular complexity index is 2810. The highest BCUT2D eigenvalue weighted by Crippen LogP contribution is 2.41. The van der Waals surface area contributed by atoms with Crippen LogP contribution in [-0.2, 0) is 0 Å². The second-order valence-corrected chi connectivity index (χ2v) is 12.6. The van der Waals surface area contributed by atoms with Crippen LogP contribution in [0.4, 0.5) is 0 Å². The summed E-state index contributed by atoms with van der Waals surface area (Å²) in [6.07, 6.45) is 0.